The zero-order valence-corrected chi connectivity index (χ0v) is 48.8. The Morgan fingerprint density at radius 1 is 0.421 bits per heavy atom. The molecule has 2 heterocycles. The second-order valence-electron chi connectivity index (χ2n) is 23.3. The summed E-state index contributed by atoms with van der Waals surface area (Å²) in [4.78, 5) is 13.2. The zero-order chi connectivity index (χ0) is 55.3. The molecule has 0 aromatic carbocycles. The van der Waals surface area contributed by atoms with Gasteiger partial charge in [0.25, 0.3) is 0 Å². The molecule has 0 aromatic rings. The normalized spacial score (nSPS) is 24.8. The molecular weight excluding hydrogens is 967 g/mol. The standard InChI is InChI=1S/C62H121NO13/c1-3-5-7-9-11-13-14-15-16-17-18-19-20-21-22-23-24-25-26-27-28-29-30-31-32-33-34-35-36-37-38-40-42-44-46-54(67)63-50(51(66)45-43-41-39-12-10-8-6-4-2)49-73-61-59(72)57(70)60(53(48-65)75-61)76-62-58(71)56(69)55(68)52(47-64)74-62/h50-53,55-62,64-66,68-72H,3-49H2,1-2H3,(H,63,67). The molecule has 14 nitrogen and oxygen atoms in total. The fourth-order valence-corrected chi connectivity index (χ4v) is 11.1. The van der Waals surface area contributed by atoms with Crippen molar-refractivity contribution in [2.24, 2.45) is 0 Å². The third-order valence-electron chi connectivity index (χ3n) is 16.3. The van der Waals surface area contributed by atoms with Crippen molar-refractivity contribution in [2.45, 2.75) is 370 Å². The molecule has 0 spiro atoms. The summed E-state index contributed by atoms with van der Waals surface area (Å²) >= 11 is 0. The second kappa shape index (κ2) is 48.7. The molecule has 12 atom stereocenters. The number of nitrogens with one attached hydrogen (secondary N) is 1. The molecule has 1 amide bonds. The van der Waals surface area contributed by atoms with E-state index in [2.05, 4.69) is 19.2 Å². The number of unbranched alkanes of at least 4 members (excludes halogenated alkanes) is 40. The fraction of sp³-hybridized carbons (Fsp3) is 0.984. The summed E-state index contributed by atoms with van der Waals surface area (Å²) in [5.41, 5.74) is 0. The maximum absolute atomic E-state index is 13.2. The Morgan fingerprint density at radius 3 is 1.12 bits per heavy atom. The summed E-state index contributed by atoms with van der Waals surface area (Å²) < 4.78 is 22.8. The molecule has 76 heavy (non-hydrogen) atoms. The van der Waals surface area contributed by atoms with Gasteiger partial charge in [-0.15, -0.1) is 0 Å². The van der Waals surface area contributed by atoms with Crippen molar-refractivity contribution in [1.29, 1.82) is 0 Å². The molecule has 2 rings (SSSR count). The number of aliphatic hydroxyl groups excluding tert-OH is 8. The first-order valence-corrected chi connectivity index (χ1v) is 32.3. The quantitative estimate of drug-likeness (QED) is 0.0259. The summed E-state index contributed by atoms with van der Waals surface area (Å²) in [6, 6.07) is -0.821. The third-order valence-corrected chi connectivity index (χ3v) is 16.3. The van der Waals surface area contributed by atoms with Gasteiger partial charge in [-0.25, -0.2) is 0 Å². The molecule has 2 aliphatic heterocycles. The first-order chi connectivity index (χ1) is 37.1. The van der Waals surface area contributed by atoms with E-state index >= 15 is 0 Å². The monoisotopic (exact) mass is 1090 g/mol. The Balaban J connectivity index is 1.53. The number of aliphatic hydroxyl groups is 8. The smallest absolute Gasteiger partial charge is 0.220 e. The molecule has 0 radical (unpaired) electrons. The summed E-state index contributed by atoms with van der Waals surface area (Å²) in [7, 11) is 0. The van der Waals surface area contributed by atoms with Crippen molar-refractivity contribution < 1.29 is 64.6 Å². The number of rotatable bonds is 53. The first-order valence-electron chi connectivity index (χ1n) is 32.3. The molecule has 2 aliphatic rings. The molecule has 0 aromatic heterocycles. The zero-order valence-electron chi connectivity index (χ0n) is 48.8. The number of amides is 1. The Labute approximate surface area is 464 Å². The maximum atomic E-state index is 13.2. The van der Waals surface area contributed by atoms with Crippen LogP contribution in [0.25, 0.3) is 0 Å². The van der Waals surface area contributed by atoms with E-state index in [-0.39, 0.29) is 12.5 Å². The highest BCUT2D eigenvalue weighted by Crippen LogP contribution is 2.30. The Morgan fingerprint density at radius 2 is 0.750 bits per heavy atom. The maximum Gasteiger partial charge on any atom is 0.220 e. The Kier molecular flexibility index (Phi) is 45.5. The van der Waals surface area contributed by atoms with Crippen LogP contribution in [0, 0.1) is 0 Å². The van der Waals surface area contributed by atoms with Crippen LogP contribution in [-0.4, -0.2) is 140 Å². The van der Waals surface area contributed by atoms with E-state index in [1.165, 1.54) is 218 Å². The van der Waals surface area contributed by atoms with Crippen LogP contribution in [0.5, 0.6) is 0 Å². The van der Waals surface area contributed by atoms with Crippen molar-refractivity contribution in [3.8, 4) is 0 Å². The summed E-state index contributed by atoms with van der Waals surface area (Å²) in [6.07, 6.45) is 38.9. The van der Waals surface area contributed by atoms with Gasteiger partial charge >= 0.3 is 0 Å². The van der Waals surface area contributed by atoms with Gasteiger partial charge < -0.3 is 65.1 Å². The van der Waals surface area contributed by atoms with Crippen molar-refractivity contribution in [2.75, 3.05) is 19.8 Å². The van der Waals surface area contributed by atoms with E-state index in [9.17, 15) is 45.6 Å². The van der Waals surface area contributed by atoms with Gasteiger partial charge in [-0.05, 0) is 12.8 Å². The number of carbonyl (C=O) groups excluding carboxylic acids is 1. The third kappa shape index (κ3) is 33.7. The summed E-state index contributed by atoms with van der Waals surface area (Å²) in [5, 5.41) is 86.9. The summed E-state index contributed by atoms with van der Waals surface area (Å²) in [6.45, 7) is 2.85. The minimum absolute atomic E-state index is 0.203. The molecular formula is C62H121NO13. The van der Waals surface area contributed by atoms with Gasteiger partial charge in [0.05, 0.1) is 32.0 Å². The highest BCUT2D eigenvalue weighted by atomic mass is 16.7. The molecule has 0 saturated carbocycles. The number of ether oxygens (including phenoxy) is 4. The van der Waals surface area contributed by atoms with E-state index in [1.807, 2.05) is 0 Å². The van der Waals surface area contributed by atoms with Crippen LogP contribution in [0.15, 0.2) is 0 Å². The molecule has 12 unspecified atom stereocenters. The van der Waals surface area contributed by atoms with E-state index in [4.69, 9.17) is 18.9 Å². The lowest BCUT2D eigenvalue weighted by atomic mass is 9.97. The average molecular weight is 1090 g/mol. The Hall–Kier alpha value is -1.01. The van der Waals surface area contributed by atoms with Gasteiger partial charge in [0.1, 0.15) is 48.8 Å². The van der Waals surface area contributed by atoms with Gasteiger partial charge in [0.15, 0.2) is 12.6 Å². The highest BCUT2D eigenvalue weighted by Gasteiger charge is 2.51. The SMILES string of the molecule is CCCCCCCCCCCCCCCCCCCCCCCCCCCCCCCCCCCCC(=O)NC(COC1OC(CO)C(OC2OC(CO)C(O)C(O)C2O)C(O)C1O)C(O)CCCCCCCCCC. The average Bonchev–Trinajstić information content (AvgIpc) is 3.42. The molecule has 0 aliphatic carbocycles. The van der Waals surface area contributed by atoms with Gasteiger partial charge in [0.2, 0.25) is 5.91 Å². The molecule has 2 saturated heterocycles. The highest BCUT2D eigenvalue weighted by molar-refractivity contribution is 5.76. The van der Waals surface area contributed by atoms with Crippen LogP contribution in [0.2, 0.25) is 0 Å². The molecule has 0 bridgehead atoms. The van der Waals surface area contributed by atoms with Gasteiger partial charge in [-0.3, -0.25) is 4.79 Å². The number of hydrogen-bond acceptors (Lipinski definition) is 13. The van der Waals surface area contributed by atoms with Gasteiger partial charge in [-0.1, -0.05) is 277 Å². The fourth-order valence-electron chi connectivity index (χ4n) is 11.1. The van der Waals surface area contributed by atoms with E-state index in [0.717, 1.165) is 51.4 Å². The van der Waals surface area contributed by atoms with Gasteiger partial charge in [-0.2, -0.15) is 0 Å². The second-order valence-corrected chi connectivity index (χ2v) is 23.3. The topological polar surface area (TPSA) is 228 Å². The lowest BCUT2D eigenvalue weighted by Crippen LogP contribution is -2.65. The van der Waals surface area contributed by atoms with Crippen LogP contribution >= 0.6 is 0 Å². The Bertz CT molecular complexity index is 1280. The van der Waals surface area contributed by atoms with Crippen LogP contribution in [0.1, 0.15) is 296 Å². The summed E-state index contributed by atoms with van der Waals surface area (Å²) in [5.74, 6) is -0.203. The molecule has 9 N–H and O–H groups in total. The lowest BCUT2D eigenvalue weighted by molar-refractivity contribution is -0.359. The van der Waals surface area contributed by atoms with Crippen molar-refractivity contribution in [3.63, 3.8) is 0 Å². The number of hydrogen-bond donors (Lipinski definition) is 9. The minimum atomic E-state index is -1.78. The van der Waals surface area contributed by atoms with Crippen molar-refractivity contribution in [3.05, 3.63) is 0 Å². The predicted octanol–water partition coefficient (Wildman–Crippen LogP) is 11.7. The number of carbonyl (C=O) groups is 1. The lowest BCUT2D eigenvalue weighted by Gasteiger charge is -2.46. The molecule has 14 heteroatoms. The molecule has 452 valence electrons. The largest absolute Gasteiger partial charge is 0.394 e. The van der Waals surface area contributed by atoms with Crippen LogP contribution in [0.4, 0.5) is 0 Å². The van der Waals surface area contributed by atoms with E-state index in [0.29, 0.717) is 12.8 Å². The van der Waals surface area contributed by atoms with Gasteiger partial charge in [0, 0.05) is 6.42 Å². The first kappa shape index (κ1) is 71.1. The van der Waals surface area contributed by atoms with E-state index < -0.39 is 86.8 Å². The van der Waals surface area contributed by atoms with Crippen LogP contribution < -0.4 is 5.32 Å². The minimum Gasteiger partial charge on any atom is -0.394 e. The van der Waals surface area contributed by atoms with Crippen LogP contribution in [0.3, 0.4) is 0 Å². The predicted molar refractivity (Wildman–Crippen MR) is 305 cm³/mol. The van der Waals surface area contributed by atoms with E-state index in [1.54, 1.807) is 0 Å². The molecule has 2 fully saturated rings. The van der Waals surface area contributed by atoms with Crippen LogP contribution in [-0.2, 0) is 23.7 Å². The van der Waals surface area contributed by atoms with Crippen molar-refractivity contribution in [1.82, 2.24) is 5.32 Å². The van der Waals surface area contributed by atoms with Crippen molar-refractivity contribution >= 4 is 5.91 Å².